The van der Waals surface area contributed by atoms with Gasteiger partial charge in [0, 0.05) is 37.5 Å². The summed E-state index contributed by atoms with van der Waals surface area (Å²) in [6.45, 7) is 1.03. The highest BCUT2D eigenvalue weighted by atomic mass is 35.5. The van der Waals surface area contributed by atoms with Gasteiger partial charge in [0.25, 0.3) is 0 Å². The van der Waals surface area contributed by atoms with Crippen molar-refractivity contribution in [1.29, 1.82) is 0 Å². The van der Waals surface area contributed by atoms with Crippen molar-refractivity contribution in [1.82, 2.24) is 9.88 Å². The van der Waals surface area contributed by atoms with E-state index in [1.165, 1.54) is 18.2 Å². The second-order valence-electron chi connectivity index (χ2n) is 6.31. The van der Waals surface area contributed by atoms with Crippen LogP contribution in [0.5, 0.6) is 5.88 Å². The van der Waals surface area contributed by atoms with Gasteiger partial charge in [-0.3, -0.25) is 0 Å². The Kier molecular flexibility index (Phi) is 6.85. The fourth-order valence-corrected chi connectivity index (χ4v) is 3.13. The lowest BCUT2D eigenvalue weighted by Crippen LogP contribution is -2.37. The average molecular weight is 418 g/mol. The molecule has 0 atom stereocenters. The summed E-state index contributed by atoms with van der Waals surface area (Å²) in [6.07, 6.45) is 1.70. The molecule has 0 aliphatic heterocycles. The molecule has 0 fully saturated rings. The Morgan fingerprint density at radius 1 is 1.21 bits per heavy atom. The number of carbonyl (C=O) groups is 1. The molecule has 0 saturated carbocycles. The second kappa shape index (κ2) is 9.54. The second-order valence-corrected chi connectivity index (χ2v) is 6.72. The lowest BCUT2D eigenvalue weighted by atomic mass is 10.1. The number of anilines is 1. The zero-order chi connectivity index (χ0) is 20.8. The van der Waals surface area contributed by atoms with Gasteiger partial charge in [-0.15, -0.1) is 0 Å². The molecule has 0 radical (unpaired) electrons. The number of hydrogen-bond donors (Lipinski definition) is 1. The van der Waals surface area contributed by atoms with E-state index in [-0.39, 0.29) is 11.1 Å². The minimum absolute atomic E-state index is 0.0587. The highest BCUT2D eigenvalue weighted by Crippen LogP contribution is 2.27. The van der Waals surface area contributed by atoms with Crippen LogP contribution in [0, 0.1) is 5.82 Å². The topological polar surface area (TPSA) is 63.7 Å². The Labute approximate surface area is 173 Å². The number of fused-ring (bicyclic) bond motifs is 1. The van der Waals surface area contributed by atoms with Gasteiger partial charge in [0.15, 0.2) is 0 Å². The summed E-state index contributed by atoms with van der Waals surface area (Å²) < 4.78 is 23.8. The van der Waals surface area contributed by atoms with E-state index in [9.17, 15) is 9.18 Å². The number of amides is 2. The van der Waals surface area contributed by atoms with Crippen molar-refractivity contribution >= 4 is 34.1 Å². The normalized spacial score (nSPS) is 10.8. The molecule has 2 amide bonds. The standard InChI is InChI=1S/C21H21ClFN3O3/c1-28-10-9-26(21(27)25-15-7-8-19(23)18(22)11-15)13-14-12-24-20(29-2)17-6-4-3-5-16(14)17/h3-8,11-12H,9-10,13H2,1-2H3,(H,25,27). The summed E-state index contributed by atoms with van der Waals surface area (Å²) in [4.78, 5) is 18.8. The number of urea groups is 1. The lowest BCUT2D eigenvalue weighted by Gasteiger charge is -2.24. The predicted octanol–water partition coefficient (Wildman–Crippen LogP) is 4.72. The van der Waals surface area contributed by atoms with E-state index >= 15 is 0 Å². The molecule has 152 valence electrons. The maximum absolute atomic E-state index is 13.4. The molecule has 0 spiro atoms. The van der Waals surface area contributed by atoms with Crippen molar-refractivity contribution in [3.8, 4) is 5.88 Å². The minimum atomic E-state index is -0.545. The maximum atomic E-state index is 13.4. The molecule has 6 nitrogen and oxygen atoms in total. The average Bonchev–Trinajstić information content (AvgIpc) is 2.73. The minimum Gasteiger partial charge on any atom is -0.481 e. The molecule has 1 aromatic heterocycles. The van der Waals surface area contributed by atoms with Gasteiger partial charge < -0.3 is 19.7 Å². The number of pyridine rings is 1. The van der Waals surface area contributed by atoms with Crippen molar-refractivity contribution in [3.05, 3.63) is 65.1 Å². The Hall–Kier alpha value is -2.90. The van der Waals surface area contributed by atoms with Crippen LogP contribution in [0.25, 0.3) is 10.8 Å². The Morgan fingerprint density at radius 3 is 2.66 bits per heavy atom. The van der Waals surface area contributed by atoms with Gasteiger partial charge in [-0.05, 0) is 35.2 Å². The molecule has 0 unspecified atom stereocenters. The summed E-state index contributed by atoms with van der Waals surface area (Å²) >= 11 is 5.80. The number of rotatable bonds is 7. The monoisotopic (exact) mass is 417 g/mol. The Balaban J connectivity index is 1.86. The third-order valence-electron chi connectivity index (χ3n) is 4.42. The van der Waals surface area contributed by atoms with E-state index in [2.05, 4.69) is 10.3 Å². The van der Waals surface area contributed by atoms with Crippen LogP contribution >= 0.6 is 11.6 Å². The quantitative estimate of drug-likeness (QED) is 0.604. The van der Waals surface area contributed by atoms with Crippen LogP contribution in [0.2, 0.25) is 5.02 Å². The highest BCUT2D eigenvalue weighted by Gasteiger charge is 2.17. The van der Waals surface area contributed by atoms with E-state index in [1.54, 1.807) is 25.3 Å². The smallest absolute Gasteiger partial charge is 0.322 e. The van der Waals surface area contributed by atoms with Gasteiger partial charge in [-0.25, -0.2) is 14.2 Å². The lowest BCUT2D eigenvalue weighted by molar-refractivity contribution is 0.153. The fourth-order valence-electron chi connectivity index (χ4n) is 2.95. The zero-order valence-corrected chi connectivity index (χ0v) is 16.9. The summed E-state index contributed by atoms with van der Waals surface area (Å²) in [7, 11) is 3.14. The molecule has 0 aliphatic rings. The third kappa shape index (κ3) is 4.93. The van der Waals surface area contributed by atoms with Crippen LogP contribution in [-0.2, 0) is 11.3 Å². The number of nitrogens with one attached hydrogen (secondary N) is 1. The van der Waals surface area contributed by atoms with Crippen molar-refractivity contribution in [2.75, 3.05) is 32.7 Å². The summed E-state index contributed by atoms with van der Waals surface area (Å²) in [5, 5.41) is 4.50. The molecule has 0 saturated heterocycles. The van der Waals surface area contributed by atoms with Crippen LogP contribution in [0.4, 0.5) is 14.9 Å². The van der Waals surface area contributed by atoms with Gasteiger partial charge in [0.2, 0.25) is 5.88 Å². The molecule has 3 aromatic rings. The van der Waals surface area contributed by atoms with E-state index in [0.29, 0.717) is 31.3 Å². The van der Waals surface area contributed by atoms with Crippen LogP contribution in [0.3, 0.4) is 0 Å². The van der Waals surface area contributed by atoms with E-state index in [0.717, 1.165) is 16.3 Å². The number of nitrogens with zero attached hydrogens (tertiary/aromatic N) is 2. The molecule has 2 aromatic carbocycles. The first kappa shape index (κ1) is 20.8. The van der Waals surface area contributed by atoms with Crippen molar-refractivity contribution in [2.24, 2.45) is 0 Å². The van der Waals surface area contributed by atoms with E-state index in [4.69, 9.17) is 21.1 Å². The number of hydrogen-bond acceptors (Lipinski definition) is 4. The van der Waals surface area contributed by atoms with Crippen LogP contribution < -0.4 is 10.1 Å². The van der Waals surface area contributed by atoms with Gasteiger partial charge in [0.1, 0.15) is 5.82 Å². The molecule has 29 heavy (non-hydrogen) atoms. The molecule has 0 aliphatic carbocycles. The van der Waals surface area contributed by atoms with E-state index < -0.39 is 5.82 Å². The molecule has 1 N–H and O–H groups in total. The van der Waals surface area contributed by atoms with Crippen molar-refractivity contribution < 1.29 is 18.7 Å². The Bertz CT molecular complexity index is 1020. The molecular formula is C21H21ClFN3O3. The molecule has 0 bridgehead atoms. The van der Waals surface area contributed by atoms with Crippen molar-refractivity contribution in [2.45, 2.75) is 6.54 Å². The van der Waals surface area contributed by atoms with Gasteiger partial charge in [-0.2, -0.15) is 0 Å². The number of aromatic nitrogens is 1. The summed E-state index contributed by atoms with van der Waals surface area (Å²) in [5.41, 5.74) is 1.27. The predicted molar refractivity (Wildman–Crippen MR) is 111 cm³/mol. The maximum Gasteiger partial charge on any atom is 0.322 e. The van der Waals surface area contributed by atoms with Gasteiger partial charge in [0.05, 0.1) is 18.7 Å². The SMILES string of the molecule is COCCN(Cc1cnc(OC)c2ccccc12)C(=O)Nc1ccc(F)c(Cl)c1. The summed E-state index contributed by atoms with van der Waals surface area (Å²) in [5.74, 6) is -0.0186. The highest BCUT2D eigenvalue weighted by molar-refractivity contribution is 6.31. The van der Waals surface area contributed by atoms with Gasteiger partial charge >= 0.3 is 6.03 Å². The molecule has 8 heteroatoms. The van der Waals surface area contributed by atoms with Crippen molar-refractivity contribution in [3.63, 3.8) is 0 Å². The zero-order valence-electron chi connectivity index (χ0n) is 16.1. The number of benzene rings is 2. The first-order valence-corrected chi connectivity index (χ1v) is 9.31. The van der Waals surface area contributed by atoms with E-state index in [1.807, 2.05) is 24.3 Å². The van der Waals surface area contributed by atoms with Crippen LogP contribution in [0.1, 0.15) is 5.56 Å². The molecular weight excluding hydrogens is 397 g/mol. The Morgan fingerprint density at radius 2 is 1.97 bits per heavy atom. The molecule has 1 heterocycles. The van der Waals surface area contributed by atoms with Gasteiger partial charge in [-0.1, -0.05) is 29.8 Å². The number of halogens is 2. The first-order chi connectivity index (χ1) is 14.0. The summed E-state index contributed by atoms with van der Waals surface area (Å²) in [6, 6.07) is 11.4. The number of methoxy groups -OCH3 is 2. The number of ether oxygens (including phenoxy) is 2. The number of carbonyl (C=O) groups excluding carboxylic acids is 1. The van der Waals surface area contributed by atoms with Crippen LogP contribution in [0.15, 0.2) is 48.7 Å². The largest absolute Gasteiger partial charge is 0.481 e. The molecule has 3 rings (SSSR count). The fraction of sp³-hybridized carbons (Fsp3) is 0.238. The first-order valence-electron chi connectivity index (χ1n) is 8.94. The van der Waals surface area contributed by atoms with Crippen LogP contribution in [-0.4, -0.2) is 43.3 Å². The third-order valence-corrected chi connectivity index (χ3v) is 4.71.